The van der Waals surface area contributed by atoms with Crippen LogP contribution in [-0.4, -0.2) is 11.0 Å². The maximum atomic E-state index is 5.39. The molecular formula is C2H4Cl2N2. The Morgan fingerprint density at radius 1 is 1.00 bits per heavy atom. The first-order chi connectivity index (χ1) is 2.80. The summed E-state index contributed by atoms with van der Waals surface area (Å²) in [4.78, 5) is 0. The molecule has 4 heteroatoms. The molecule has 0 spiro atoms. The van der Waals surface area contributed by atoms with E-state index in [1.54, 1.807) is 0 Å². The highest BCUT2D eigenvalue weighted by atomic mass is 35.5. The molecule has 0 aromatic carbocycles. The fourth-order valence-corrected chi connectivity index (χ4v) is 0.461. The van der Waals surface area contributed by atoms with Gasteiger partial charge >= 0.3 is 0 Å². The molecule has 0 saturated carbocycles. The first-order valence-electron chi connectivity index (χ1n) is 1.60. The van der Waals surface area contributed by atoms with Crippen LogP contribution >= 0.6 is 23.2 Å². The van der Waals surface area contributed by atoms with E-state index in [0.717, 1.165) is 0 Å². The van der Waals surface area contributed by atoms with Crippen molar-refractivity contribution in [2.24, 2.45) is 0 Å². The molecule has 0 radical (unpaired) electrons. The highest BCUT2D eigenvalue weighted by Crippen LogP contribution is 2.08. The second-order valence-corrected chi connectivity index (χ2v) is 2.03. The summed E-state index contributed by atoms with van der Waals surface area (Å²) in [6.07, 6.45) is 0. The Morgan fingerprint density at radius 3 is 1.33 bits per heavy atom. The average Bonchev–Trinajstić information content (AvgIpc) is 1.61. The van der Waals surface area contributed by atoms with Crippen LogP contribution in [0.4, 0.5) is 0 Å². The highest BCUT2D eigenvalue weighted by Gasteiger charge is 2.24. The maximum Gasteiger partial charge on any atom is 0.126 e. The van der Waals surface area contributed by atoms with Crippen LogP contribution in [0.2, 0.25) is 0 Å². The third-order valence-electron chi connectivity index (χ3n) is 0.616. The fourth-order valence-electron chi connectivity index (χ4n) is 0.209. The van der Waals surface area contributed by atoms with E-state index in [0.29, 0.717) is 0 Å². The summed E-state index contributed by atoms with van der Waals surface area (Å²) >= 11 is 10.8. The van der Waals surface area contributed by atoms with Gasteiger partial charge < -0.3 is 0 Å². The van der Waals surface area contributed by atoms with Crippen LogP contribution < -0.4 is 10.9 Å². The maximum absolute atomic E-state index is 5.39. The van der Waals surface area contributed by atoms with Crippen molar-refractivity contribution in [3.63, 3.8) is 0 Å². The molecule has 2 N–H and O–H groups in total. The van der Waals surface area contributed by atoms with E-state index in [-0.39, 0.29) is 11.0 Å². The lowest BCUT2D eigenvalue weighted by Crippen LogP contribution is -2.61. The van der Waals surface area contributed by atoms with Crippen molar-refractivity contribution in [1.82, 2.24) is 10.9 Å². The summed E-state index contributed by atoms with van der Waals surface area (Å²) in [5, 5.41) is 0. The number of nitrogens with one attached hydrogen (secondary N) is 2. The molecule has 0 amide bonds. The lowest BCUT2D eigenvalue weighted by molar-refractivity contribution is 0.345. The van der Waals surface area contributed by atoms with Gasteiger partial charge in [0, 0.05) is 0 Å². The first kappa shape index (κ1) is 4.65. The Labute approximate surface area is 45.8 Å². The van der Waals surface area contributed by atoms with Crippen LogP contribution in [0.3, 0.4) is 0 Å². The SMILES string of the molecule is ClC1NN[C@@H]1Cl. The van der Waals surface area contributed by atoms with Crippen molar-refractivity contribution in [2.75, 3.05) is 0 Å². The van der Waals surface area contributed by atoms with E-state index in [1.165, 1.54) is 0 Å². The van der Waals surface area contributed by atoms with Crippen molar-refractivity contribution < 1.29 is 0 Å². The largest absolute Gasteiger partial charge is 0.236 e. The standard InChI is InChI=1S/C2H4Cl2N2/c3-1-2(4)6-5-1/h1-2,5-6H/t1-,2?/m0/s1. The number of halogens is 2. The minimum atomic E-state index is -0.0910. The summed E-state index contributed by atoms with van der Waals surface area (Å²) in [6.45, 7) is 0. The van der Waals surface area contributed by atoms with E-state index < -0.39 is 0 Å². The number of hydrogen-bond acceptors (Lipinski definition) is 2. The summed E-state index contributed by atoms with van der Waals surface area (Å²) in [5.41, 5.74) is 5.10. The molecule has 0 aromatic heterocycles. The molecule has 1 aliphatic heterocycles. The van der Waals surface area contributed by atoms with Crippen LogP contribution in [-0.2, 0) is 0 Å². The molecule has 2 atom stereocenters. The molecule has 1 unspecified atom stereocenters. The summed E-state index contributed by atoms with van der Waals surface area (Å²) < 4.78 is 0. The second kappa shape index (κ2) is 1.54. The van der Waals surface area contributed by atoms with Gasteiger partial charge in [-0.2, -0.15) is 0 Å². The van der Waals surface area contributed by atoms with Crippen LogP contribution in [0, 0.1) is 0 Å². The minimum absolute atomic E-state index is 0.0910. The second-order valence-electron chi connectivity index (χ2n) is 1.09. The third-order valence-corrected chi connectivity index (χ3v) is 1.47. The zero-order valence-corrected chi connectivity index (χ0v) is 4.42. The molecule has 0 aromatic rings. The topological polar surface area (TPSA) is 24.1 Å². The molecule has 0 bridgehead atoms. The van der Waals surface area contributed by atoms with Gasteiger partial charge in [0.1, 0.15) is 11.0 Å². The van der Waals surface area contributed by atoms with Gasteiger partial charge in [-0.3, -0.25) is 0 Å². The lowest BCUT2D eigenvalue weighted by Gasteiger charge is -2.28. The summed E-state index contributed by atoms with van der Waals surface area (Å²) in [5.74, 6) is 0. The zero-order chi connectivity index (χ0) is 4.57. The van der Waals surface area contributed by atoms with E-state index in [2.05, 4.69) is 10.9 Å². The molecule has 6 heavy (non-hydrogen) atoms. The average molecular weight is 127 g/mol. The molecule has 36 valence electrons. The predicted octanol–water partition coefficient (Wildman–Crippen LogP) is 0.224. The molecule has 2 nitrogen and oxygen atoms in total. The zero-order valence-electron chi connectivity index (χ0n) is 2.91. The smallest absolute Gasteiger partial charge is 0.126 e. The van der Waals surface area contributed by atoms with Crippen LogP contribution in [0.1, 0.15) is 0 Å². The van der Waals surface area contributed by atoms with Gasteiger partial charge in [-0.25, -0.2) is 10.9 Å². The van der Waals surface area contributed by atoms with Gasteiger partial charge in [-0.05, 0) is 0 Å². The monoisotopic (exact) mass is 126 g/mol. The van der Waals surface area contributed by atoms with Crippen molar-refractivity contribution in [3.05, 3.63) is 0 Å². The van der Waals surface area contributed by atoms with Gasteiger partial charge in [0.05, 0.1) is 0 Å². The molecule has 1 aliphatic rings. The molecule has 1 saturated heterocycles. The Hall–Kier alpha value is 0.500. The van der Waals surface area contributed by atoms with E-state index in [9.17, 15) is 0 Å². The first-order valence-corrected chi connectivity index (χ1v) is 2.47. The predicted molar refractivity (Wildman–Crippen MR) is 25.6 cm³/mol. The Balaban J connectivity index is 2.20. The number of alkyl halides is 2. The number of hydrogen-bond donors (Lipinski definition) is 2. The lowest BCUT2D eigenvalue weighted by atomic mass is 10.6. The van der Waals surface area contributed by atoms with Crippen LogP contribution in [0.25, 0.3) is 0 Å². The summed E-state index contributed by atoms with van der Waals surface area (Å²) in [6, 6.07) is 0. The fraction of sp³-hybridized carbons (Fsp3) is 1.00. The van der Waals surface area contributed by atoms with Gasteiger partial charge in [0.25, 0.3) is 0 Å². The van der Waals surface area contributed by atoms with Gasteiger partial charge in [-0.15, -0.1) is 23.2 Å². The van der Waals surface area contributed by atoms with Crippen molar-refractivity contribution >= 4 is 23.2 Å². The molecule has 1 rings (SSSR count). The summed E-state index contributed by atoms with van der Waals surface area (Å²) in [7, 11) is 0. The van der Waals surface area contributed by atoms with Crippen molar-refractivity contribution in [2.45, 2.75) is 11.0 Å². The van der Waals surface area contributed by atoms with Crippen LogP contribution in [0.15, 0.2) is 0 Å². The van der Waals surface area contributed by atoms with Gasteiger partial charge in [0.15, 0.2) is 0 Å². The Bertz CT molecular complexity index is 49.5. The minimum Gasteiger partial charge on any atom is -0.236 e. The van der Waals surface area contributed by atoms with E-state index >= 15 is 0 Å². The Kier molecular flexibility index (Phi) is 1.20. The quantitative estimate of drug-likeness (QED) is 0.359. The number of rotatable bonds is 0. The molecule has 0 aliphatic carbocycles. The normalized spacial score (nSPS) is 45.0. The van der Waals surface area contributed by atoms with E-state index in [4.69, 9.17) is 23.2 Å². The number of hydrazine groups is 1. The van der Waals surface area contributed by atoms with Gasteiger partial charge in [0.2, 0.25) is 0 Å². The third kappa shape index (κ3) is 0.611. The van der Waals surface area contributed by atoms with Crippen molar-refractivity contribution in [3.8, 4) is 0 Å². The highest BCUT2D eigenvalue weighted by molar-refractivity contribution is 6.30. The molecule has 1 fully saturated rings. The van der Waals surface area contributed by atoms with E-state index in [1.807, 2.05) is 0 Å². The van der Waals surface area contributed by atoms with Crippen LogP contribution in [0.5, 0.6) is 0 Å². The van der Waals surface area contributed by atoms with Gasteiger partial charge in [-0.1, -0.05) is 0 Å². The Morgan fingerprint density at radius 2 is 1.33 bits per heavy atom. The molecule has 1 heterocycles. The molecular weight excluding hydrogens is 123 g/mol. The van der Waals surface area contributed by atoms with Crippen molar-refractivity contribution in [1.29, 1.82) is 0 Å².